The minimum Gasteiger partial charge on any atom is -0.481 e. The van der Waals surface area contributed by atoms with Crippen LogP contribution in [0.2, 0.25) is 5.15 Å². The molecular weight excluding hydrogens is 346 g/mol. The predicted octanol–water partition coefficient (Wildman–Crippen LogP) is 3.46. The molecule has 1 aromatic heterocycles. The van der Waals surface area contributed by atoms with Gasteiger partial charge in [-0.1, -0.05) is 33.6 Å². The molecule has 0 aliphatic rings. The second-order valence-corrected chi connectivity index (χ2v) is 5.27. The van der Waals surface area contributed by atoms with Crippen LogP contribution in [0.3, 0.4) is 0 Å². The molecule has 0 aliphatic carbocycles. The largest absolute Gasteiger partial charge is 0.481 e. The highest BCUT2D eigenvalue weighted by molar-refractivity contribution is 9.10. The summed E-state index contributed by atoms with van der Waals surface area (Å²) in [7, 11) is 1.46. The van der Waals surface area contributed by atoms with Crippen molar-refractivity contribution in [2.45, 2.75) is 6.92 Å². The van der Waals surface area contributed by atoms with Gasteiger partial charge in [0, 0.05) is 16.1 Å². The zero-order chi connectivity index (χ0) is 14.7. The fourth-order valence-corrected chi connectivity index (χ4v) is 2.10. The van der Waals surface area contributed by atoms with Gasteiger partial charge in [-0.25, -0.2) is 4.98 Å². The smallest absolute Gasteiger partial charge is 0.258 e. The Bertz CT molecular complexity index is 664. The van der Waals surface area contributed by atoms with Gasteiger partial charge in [-0.3, -0.25) is 10.1 Å². The fraction of sp³-hybridized carbons (Fsp3) is 0.154. The summed E-state index contributed by atoms with van der Waals surface area (Å²) >= 11 is 9.16. The second kappa shape index (κ2) is 6.19. The highest BCUT2D eigenvalue weighted by Gasteiger charge is 2.12. The average molecular weight is 357 g/mol. The van der Waals surface area contributed by atoms with E-state index in [1.807, 2.05) is 19.1 Å². The molecule has 0 fully saturated rings. The molecular formula is C13H11BrClN3O2. The van der Waals surface area contributed by atoms with Crippen molar-refractivity contribution in [3.05, 3.63) is 45.0 Å². The number of methoxy groups -OCH3 is 1. The van der Waals surface area contributed by atoms with Crippen LogP contribution in [0.1, 0.15) is 15.9 Å². The third kappa shape index (κ3) is 3.46. The number of anilines is 1. The van der Waals surface area contributed by atoms with Crippen molar-refractivity contribution >= 4 is 39.4 Å². The summed E-state index contributed by atoms with van der Waals surface area (Å²) in [6.45, 7) is 1.85. The van der Waals surface area contributed by atoms with Crippen molar-refractivity contribution in [1.82, 2.24) is 9.97 Å². The summed E-state index contributed by atoms with van der Waals surface area (Å²) in [5.74, 6) is 0.0677. The van der Waals surface area contributed by atoms with E-state index < -0.39 is 0 Å². The number of nitrogens with one attached hydrogen (secondary N) is 1. The number of aryl methyl sites for hydroxylation is 1. The molecule has 1 aromatic carbocycles. The van der Waals surface area contributed by atoms with Gasteiger partial charge in [-0.2, -0.15) is 4.98 Å². The van der Waals surface area contributed by atoms with Crippen LogP contribution in [0.5, 0.6) is 5.88 Å². The Balaban J connectivity index is 2.27. The van der Waals surface area contributed by atoms with Gasteiger partial charge in [0.05, 0.1) is 7.11 Å². The molecule has 2 aromatic rings. The number of amides is 1. The standard InChI is InChI=1S/C13H11BrClN3O2/c1-7-3-4-8(14)5-9(7)12(19)18-13-16-10(15)6-11(17-13)20-2/h3-6H,1-2H3,(H,16,17,18,19). The molecule has 1 amide bonds. The number of nitrogens with zero attached hydrogens (tertiary/aromatic N) is 2. The third-order valence-electron chi connectivity index (χ3n) is 2.55. The number of hydrogen-bond acceptors (Lipinski definition) is 4. The average Bonchev–Trinajstić information content (AvgIpc) is 2.40. The summed E-state index contributed by atoms with van der Waals surface area (Å²) in [5.41, 5.74) is 1.38. The maximum atomic E-state index is 12.2. The first-order chi connectivity index (χ1) is 9.49. The van der Waals surface area contributed by atoms with Crippen LogP contribution in [0.25, 0.3) is 0 Å². The van der Waals surface area contributed by atoms with Crippen molar-refractivity contribution in [3.8, 4) is 5.88 Å². The predicted molar refractivity (Wildman–Crippen MR) is 80.4 cm³/mol. The van der Waals surface area contributed by atoms with Crippen LogP contribution >= 0.6 is 27.5 Å². The highest BCUT2D eigenvalue weighted by atomic mass is 79.9. The van der Waals surface area contributed by atoms with Crippen molar-refractivity contribution in [3.63, 3.8) is 0 Å². The summed E-state index contributed by atoms with van der Waals surface area (Å²) in [6.07, 6.45) is 0. The lowest BCUT2D eigenvalue weighted by Crippen LogP contribution is -2.15. The van der Waals surface area contributed by atoms with Gasteiger partial charge in [0.2, 0.25) is 11.8 Å². The number of benzene rings is 1. The van der Waals surface area contributed by atoms with Crippen LogP contribution in [-0.2, 0) is 0 Å². The molecule has 5 nitrogen and oxygen atoms in total. The van der Waals surface area contributed by atoms with Gasteiger partial charge < -0.3 is 4.74 Å². The molecule has 0 atom stereocenters. The maximum Gasteiger partial charge on any atom is 0.258 e. The normalized spacial score (nSPS) is 10.2. The molecule has 1 N–H and O–H groups in total. The number of aromatic nitrogens is 2. The first-order valence-electron chi connectivity index (χ1n) is 5.65. The van der Waals surface area contributed by atoms with Crippen molar-refractivity contribution in [1.29, 1.82) is 0 Å². The topological polar surface area (TPSA) is 64.1 Å². The van der Waals surface area contributed by atoms with Crippen LogP contribution < -0.4 is 10.1 Å². The lowest BCUT2D eigenvalue weighted by Gasteiger charge is -2.08. The zero-order valence-corrected chi connectivity index (χ0v) is 13.1. The van der Waals surface area contributed by atoms with E-state index in [0.29, 0.717) is 5.56 Å². The van der Waals surface area contributed by atoms with Gasteiger partial charge in [0.15, 0.2) is 0 Å². The van der Waals surface area contributed by atoms with E-state index in [4.69, 9.17) is 16.3 Å². The number of carbonyl (C=O) groups excluding carboxylic acids is 1. The van der Waals surface area contributed by atoms with Gasteiger partial charge >= 0.3 is 0 Å². The van der Waals surface area contributed by atoms with E-state index in [1.165, 1.54) is 13.2 Å². The summed E-state index contributed by atoms with van der Waals surface area (Å²) in [5, 5.41) is 2.79. The molecule has 1 heterocycles. The van der Waals surface area contributed by atoms with Crippen LogP contribution in [-0.4, -0.2) is 23.0 Å². The molecule has 0 saturated carbocycles. The van der Waals surface area contributed by atoms with Crippen LogP contribution in [0, 0.1) is 6.92 Å². The lowest BCUT2D eigenvalue weighted by molar-refractivity contribution is 0.102. The van der Waals surface area contributed by atoms with E-state index in [2.05, 4.69) is 31.2 Å². The van der Waals surface area contributed by atoms with Gasteiger partial charge in [-0.05, 0) is 24.6 Å². The van der Waals surface area contributed by atoms with Crippen molar-refractivity contribution < 1.29 is 9.53 Å². The number of rotatable bonds is 3. The summed E-state index contributed by atoms with van der Waals surface area (Å²) < 4.78 is 5.79. The van der Waals surface area contributed by atoms with Crippen molar-refractivity contribution in [2.75, 3.05) is 12.4 Å². The number of carbonyl (C=O) groups is 1. The fourth-order valence-electron chi connectivity index (χ4n) is 1.57. The van der Waals surface area contributed by atoms with E-state index >= 15 is 0 Å². The molecule has 2 rings (SSSR count). The Morgan fingerprint density at radius 2 is 2.10 bits per heavy atom. The van der Waals surface area contributed by atoms with Crippen LogP contribution in [0.15, 0.2) is 28.7 Å². The SMILES string of the molecule is COc1cc(Cl)nc(NC(=O)c2cc(Br)ccc2C)n1. The minimum atomic E-state index is -0.312. The molecule has 0 saturated heterocycles. The molecule has 0 aliphatic heterocycles. The van der Waals surface area contributed by atoms with Crippen molar-refractivity contribution in [2.24, 2.45) is 0 Å². The lowest BCUT2D eigenvalue weighted by atomic mass is 10.1. The number of halogens is 2. The zero-order valence-electron chi connectivity index (χ0n) is 10.8. The Kier molecular flexibility index (Phi) is 4.57. The Morgan fingerprint density at radius 1 is 1.35 bits per heavy atom. The van der Waals surface area contributed by atoms with Gasteiger partial charge in [0.25, 0.3) is 5.91 Å². The van der Waals surface area contributed by atoms with E-state index in [0.717, 1.165) is 10.0 Å². The molecule has 0 bridgehead atoms. The number of hydrogen-bond donors (Lipinski definition) is 1. The highest BCUT2D eigenvalue weighted by Crippen LogP contribution is 2.19. The Hall–Kier alpha value is -1.66. The number of ether oxygens (including phenoxy) is 1. The van der Waals surface area contributed by atoms with Gasteiger partial charge in [-0.15, -0.1) is 0 Å². The quantitative estimate of drug-likeness (QED) is 0.855. The monoisotopic (exact) mass is 355 g/mol. The molecule has 20 heavy (non-hydrogen) atoms. The van der Waals surface area contributed by atoms with Crippen LogP contribution in [0.4, 0.5) is 5.95 Å². The molecule has 7 heteroatoms. The summed E-state index contributed by atoms with van der Waals surface area (Å²) in [4.78, 5) is 20.1. The molecule has 0 radical (unpaired) electrons. The minimum absolute atomic E-state index is 0.0960. The maximum absolute atomic E-state index is 12.2. The Labute approximate surface area is 129 Å². The first-order valence-corrected chi connectivity index (χ1v) is 6.83. The van der Waals surface area contributed by atoms with E-state index in [1.54, 1.807) is 6.07 Å². The van der Waals surface area contributed by atoms with Gasteiger partial charge in [0.1, 0.15) is 5.15 Å². The molecule has 0 spiro atoms. The third-order valence-corrected chi connectivity index (χ3v) is 3.24. The Morgan fingerprint density at radius 3 is 2.80 bits per heavy atom. The van der Waals surface area contributed by atoms with E-state index in [-0.39, 0.29) is 22.9 Å². The second-order valence-electron chi connectivity index (χ2n) is 3.97. The molecule has 0 unspecified atom stereocenters. The summed E-state index contributed by atoms with van der Waals surface area (Å²) in [6, 6.07) is 6.90. The molecule has 104 valence electrons. The first kappa shape index (κ1) is 14.7. The van der Waals surface area contributed by atoms with E-state index in [9.17, 15) is 4.79 Å².